The van der Waals surface area contributed by atoms with Gasteiger partial charge in [0.25, 0.3) is 17.9 Å². The molecular weight excluding hydrogens is 409 g/mol. The lowest BCUT2D eigenvalue weighted by Gasteiger charge is -2.26. The van der Waals surface area contributed by atoms with E-state index in [9.17, 15) is 27.6 Å². The largest absolute Gasteiger partial charge is 0.742 e. The first-order valence-corrected chi connectivity index (χ1v) is 10.0. The molecule has 0 aliphatic heterocycles. The van der Waals surface area contributed by atoms with Gasteiger partial charge in [-0.25, -0.2) is 0 Å². The van der Waals surface area contributed by atoms with Crippen LogP contribution in [0.4, 0.5) is 13.2 Å². The third-order valence-electron chi connectivity index (χ3n) is 3.60. The maximum atomic E-state index is 12.9. The molecule has 154 valence electrons. The second-order valence-electron chi connectivity index (χ2n) is 5.99. The molecule has 0 saturated heterocycles. The molecule has 0 heterocycles. The van der Waals surface area contributed by atoms with Gasteiger partial charge in [0.15, 0.2) is 0 Å². The summed E-state index contributed by atoms with van der Waals surface area (Å²) in [5, 5.41) is 0.119. The van der Waals surface area contributed by atoms with E-state index >= 15 is 0 Å². The molecular formula is C19H17F3O6Si. The molecule has 6 nitrogen and oxygen atoms in total. The quantitative estimate of drug-likeness (QED) is 0.684. The molecule has 29 heavy (non-hydrogen) atoms. The molecule has 0 unspecified atom stereocenters. The molecule has 0 radical (unpaired) electrons. The van der Waals surface area contributed by atoms with Crippen molar-refractivity contribution in [2.45, 2.75) is 26.9 Å². The minimum Gasteiger partial charge on any atom is -0.452 e. The summed E-state index contributed by atoms with van der Waals surface area (Å²) in [6.45, 7) is 3.18. The molecule has 0 atom stereocenters. The predicted molar refractivity (Wildman–Crippen MR) is 97.6 cm³/mol. The van der Waals surface area contributed by atoms with Crippen LogP contribution in [0.5, 0.6) is 0 Å². The first kappa shape index (κ1) is 22.1. The molecule has 0 fully saturated rings. The average molecular weight is 426 g/mol. The van der Waals surface area contributed by atoms with Crippen LogP contribution in [0.1, 0.15) is 26.3 Å². The summed E-state index contributed by atoms with van der Waals surface area (Å²) >= 11 is 0. The summed E-state index contributed by atoms with van der Waals surface area (Å²) in [5.74, 6) is -2.50. The molecule has 0 spiro atoms. The Bertz CT molecular complexity index is 883. The van der Waals surface area contributed by atoms with Crippen LogP contribution in [-0.4, -0.2) is 26.7 Å². The van der Waals surface area contributed by atoms with Crippen LogP contribution in [0.25, 0.3) is 11.1 Å². The fourth-order valence-corrected chi connectivity index (χ4v) is 4.74. The Morgan fingerprint density at radius 1 is 0.759 bits per heavy atom. The maximum Gasteiger partial charge on any atom is 0.742 e. The maximum absolute atomic E-state index is 12.9. The van der Waals surface area contributed by atoms with E-state index in [0.29, 0.717) is 11.1 Å². The smallest absolute Gasteiger partial charge is 0.452 e. The standard InChI is InChI=1S/C19H17F3O6Si/c1-12(23)26-29(27-13(2)24,28-14(3)25)18-9-7-15(8-10-18)16-5-4-6-17(11-16)19(20,21)22/h4-11H,1-3H3. The minimum atomic E-state index is -4.49. The fraction of sp³-hybridized carbons (Fsp3) is 0.211. The number of carbonyl (C=O) groups excluding carboxylic acids is 3. The lowest BCUT2D eigenvalue weighted by atomic mass is 10.0. The van der Waals surface area contributed by atoms with Crippen LogP contribution in [0.15, 0.2) is 48.5 Å². The normalized spacial score (nSPS) is 11.5. The van der Waals surface area contributed by atoms with E-state index in [4.69, 9.17) is 13.3 Å². The van der Waals surface area contributed by atoms with E-state index in [-0.39, 0.29) is 5.19 Å². The molecule has 0 aliphatic rings. The first-order valence-electron chi connectivity index (χ1n) is 8.30. The number of hydrogen-bond donors (Lipinski definition) is 0. The number of benzene rings is 2. The number of hydrogen-bond acceptors (Lipinski definition) is 6. The van der Waals surface area contributed by atoms with Gasteiger partial charge in [-0.2, -0.15) is 13.2 Å². The van der Waals surface area contributed by atoms with Crippen molar-refractivity contribution < 1.29 is 40.8 Å². The number of rotatable bonds is 5. The van der Waals surface area contributed by atoms with Gasteiger partial charge >= 0.3 is 15.0 Å². The molecule has 2 aromatic carbocycles. The Hall–Kier alpha value is -3.14. The number of alkyl halides is 3. The van der Waals surface area contributed by atoms with Crippen molar-refractivity contribution in [1.82, 2.24) is 0 Å². The lowest BCUT2D eigenvalue weighted by Crippen LogP contribution is -2.59. The summed E-state index contributed by atoms with van der Waals surface area (Å²) in [4.78, 5) is 34.6. The van der Waals surface area contributed by atoms with Gasteiger partial charge in [0.05, 0.1) is 10.8 Å². The highest BCUT2D eigenvalue weighted by Crippen LogP contribution is 2.32. The molecule has 0 saturated carbocycles. The first-order chi connectivity index (χ1) is 13.4. The van der Waals surface area contributed by atoms with Crippen LogP contribution in [0.3, 0.4) is 0 Å². The summed E-state index contributed by atoms with van der Waals surface area (Å²) < 4.78 is 54.1. The Morgan fingerprint density at radius 2 is 1.24 bits per heavy atom. The van der Waals surface area contributed by atoms with Crippen LogP contribution in [-0.2, 0) is 33.8 Å². The Labute approximate surface area is 165 Å². The van der Waals surface area contributed by atoms with Crippen molar-refractivity contribution >= 4 is 31.9 Å². The van der Waals surface area contributed by atoms with Gasteiger partial charge in [0.1, 0.15) is 0 Å². The monoisotopic (exact) mass is 426 g/mol. The van der Waals surface area contributed by atoms with Crippen molar-refractivity contribution in [2.75, 3.05) is 0 Å². The van der Waals surface area contributed by atoms with Gasteiger partial charge < -0.3 is 13.3 Å². The topological polar surface area (TPSA) is 78.9 Å². The van der Waals surface area contributed by atoms with Crippen LogP contribution >= 0.6 is 0 Å². The van der Waals surface area contributed by atoms with Gasteiger partial charge in [-0.1, -0.05) is 36.4 Å². The second-order valence-corrected chi connectivity index (χ2v) is 8.30. The van der Waals surface area contributed by atoms with Crippen LogP contribution < -0.4 is 5.19 Å². The highest BCUT2D eigenvalue weighted by atomic mass is 28.4. The zero-order valence-corrected chi connectivity index (χ0v) is 16.7. The predicted octanol–water partition coefficient (Wildman–Crippen LogP) is 3.21. The molecule has 10 heteroatoms. The molecule has 0 aliphatic carbocycles. The molecule has 0 bridgehead atoms. The van der Waals surface area contributed by atoms with E-state index in [0.717, 1.165) is 32.9 Å². The number of carbonyl (C=O) groups is 3. The highest BCUT2D eigenvalue weighted by molar-refractivity contribution is 6.79. The second kappa shape index (κ2) is 8.48. The van der Waals surface area contributed by atoms with E-state index in [1.165, 1.54) is 36.4 Å². The summed E-state index contributed by atoms with van der Waals surface area (Å²) in [5.41, 5.74) is -0.0788. The van der Waals surface area contributed by atoms with Gasteiger partial charge in [-0.15, -0.1) is 0 Å². The van der Waals surface area contributed by atoms with E-state index in [2.05, 4.69) is 0 Å². The van der Waals surface area contributed by atoms with Crippen molar-refractivity contribution in [3.63, 3.8) is 0 Å². The minimum absolute atomic E-state index is 0.119. The fourth-order valence-electron chi connectivity index (χ4n) is 2.55. The zero-order chi connectivity index (χ0) is 21.8. The Kier molecular flexibility index (Phi) is 6.47. The highest BCUT2D eigenvalue weighted by Gasteiger charge is 2.54. The van der Waals surface area contributed by atoms with Crippen molar-refractivity contribution in [1.29, 1.82) is 0 Å². The van der Waals surface area contributed by atoms with Crippen LogP contribution in [0.2, 0.25) is 0 Å². The molecule has 2 aromatic rings. The molecule has 0 aromatic heterocycles. The van der Waals surface area contributed by atoms with Gasteiger partial charge in [-0.3, -0.25) is 14.4 Å². The average Bonchev–Trinajstić information content (AvgIpc) is 2.59. The van der Waals surface area contributed by atoms with Crippen LogP contribution in [0, 0.1) is 0 Å². The molecule has 0 amide bonds. The van der Waals surface area contributed by atoms with E-state index < -0.39 is 38.5 Å². The summed E-state index contributed by atoms with van der Waals surface area (Å²) in [6.07, 6.45) is -4.49. The van der Waals surface area contributed by atoms with Gasteiger partial charge in [0.2, 0.25) is 0 Å². The Morgan fingerprint density at radius 3 is 1.66 bits per heavy atom. The SMILES string of the molecule is CC(=O)O[Si](OC(C)=O)(OC(C)=O)c1ccc(-c2cccc(C(F)(F)F)c2)cc1. The lowest BCUT2D eigenvalue weighted by molar-refractivity contribution is -0.146. The summed E-state index contributed by atoms with van der Waals surface area (Å²) in [7, 11) is -4.25. The third-order valence-corrected chi connectivity index (χ3v) is 6.30. The number of halogens is 3. The molecule has 0 N–H and O–H groups in total. The van der Waals surface area contributed by atoms with Gasteiger partial charge in [0, 0.05) is 20.8 Å². The summed E-state index contributed by atoms with van der Waals surface area (Å²) in [6, 6.07) is 10.4. The van der Waals surface area contributed by atoms with Crippen molar-refractivity contribution in [3.05, 3.63) is 54.1 Å². The molecule has 2 rings (SSSR count). The zero-order valence-electron chi connectivity index (χ0n) is 15.7. The van der Waals surface area contributed by atoms with Crippen molar-refractivity contribution in [2.24, 2.45) is 0 Å². The van der Waals surface area contributed by atoms with E-state index in [1.807, 2.05) is 0 Å². The van der Waals surface area contributed by atoms with E-state index in [1.54, 1.807) is 0 Å². The third kappa shape index (κ3) is 5.67. The van der Waals surface area contributed by atoms with Crippen molar-refractivity contribution in [3.8, 4) is 11.1 Å². The van der Waals surface area contributed by atoms with Gasteiger partial charge in [-0.05, 0) is 23.3 Å². The Balaban J connectivity index is 2.49.